The molecular weight excluding hydrogens is 392 g/mol. The van der Waals surface area contributed by atoms with Gasteiger partial charge in [0.25, 0.3) is 0 Å². The first kappa shape index (κ1) is 19.6. The van der Waals surface area contributed by atoms with Crippen LogP contribution in [0.1, 0.15) is 22.9 Å². The molecule has 7 heteroatoms. The first-order valence-corrected chi connectivity index (χ1v) is 10.6. The Morgan fingerprint density at radius 2 is 1.94 bits per heavy atom. The van der Waals surface area contributed by atoms with Gasteiger partial charge in [0.15, 0.2) is 0 Å². The number of aromatic hydroxyl groups is 1. The van der Waals surface area contributed by atoms with Crippen molar-refractivity contribution in [2.24, 2.45) is 0 Å². The van der Waals surface area contributed by atoms with Crippen molar-refractivity contribution in [3.63, 3.8) is 0 Å². The summed E-state index contributed by atoms with van der Waals surface area (Å²) in [6.07, 6.45) is 0.484. The van der Waals surface area contributed by atoms with Crippen LogP contribution >= 0.6 is 0 Å². The van der Waals surface area contributed by atoms with Crippen molar-refractivity contribution in [2.75, 3.05) is 33.7 Å². The van der Waals surface area contributed by atoms with E-state index in [9.17, 15) is 14.7 Å². The van der Waals surface area contributed by atoms with Crippen LogP contribution in [-0.2, 0) is 16.0 Å². The van der Waals surface area contributed by atoms with Crippen LogP contribution in [0.5, 0.6) is 5.75 Å². The van der Waals surface area contributed by atoms with Gasteiger partial charge in [0, 0.05) is 36.1 Å². The number of benzene rings is 2. The fourth-order valence-electron chi connectivity index (χ4n) is 4.87. The first-order valence-electron chi connectivity index (χ1n) is 10.6. The van der Waals surface area contributed by atoms with E-state index in [1.165, 1.54) is 0 Å². The van der Waals surface area contributed by atoms with Crippen molar-refractivity contribution in [2.45, 2.75) is 18.5 Å². The molecule has 2 aliphatic heterocycles. The van der Waals surface area contributed by atoms with Crippen LogP contribution in [0.25, 0.3) is 10.9 Å². The van der Waals surface area contributed by atoms with Crippen molar-refractivity contribution in [1.82, 2.24) is 19.7 Å². The minimum atomic E-state index is -0.553. The van der Waals surface area contributed by atoms with Gasteiger partial charge in [0.05, 0.1) is 12.6 Å². The van der Waals surface area contributed by atoms with Crippen molar-refractivity contribution >= 4 is 22.7 Å². The van der Waals surface area contributed by atoms with Crippen LogP contribution in [0.15, 0.2) is 48.5 Å². The molecule has 7 nitrogen and oxygen atoms in total. The van der Waals surface area contributed by atoms with Crippen molar-refractivity contribution in [1.29, 1.82) is 0 Å². The largest absolute Gasteiger partial charge is 0.508 e. The summed E-state index contributed by atoms with van der Waals surface area (Å²) in [6, 6.07) is 14.0. The minimum Gasteiger partial charge on any atom is -0.508 e. The topological polar surface area (TPSA) is 79.9 Å². The molecule has 1 aromatic heterocycles. The van der Waals surface area contributed by atoms with Crippen LogP contribution in [0.3, 0.4) is 0 Å². The van der Waals surface area contributed by atoms with Crippen molar-refractivity contribution in [3.05, 3.63) is 65.4 Å². The molecule has 0 bridgehead atoms. The second-order valence-corrected chi connectivity index (χ2v) is 8.64. The smallest absolute Gasteiger partial charge is 0.246 e. The van der Waals surface area contributed by atoms with E-state index in [-0.39, 0.29) is 24.1 Å². The molecule has 2 aliphatic rings. The molecule has 160 valence electrons. The maximum atomic E-state index is 13.5. The number of hydrogen-bond donors (Lipinski definition) is 2. The number of aromatic amines is 1. The van der Waals surface area contributed by atoms with Crippen LogP contribution in [-0.4, -0.2) is 76.4 Å². The number of carbonyl (C=O) groups is 2. The van der Waals surface area contributed by atoms with E-state index in [0.29, 0.717) is 19.5 Å². The maximum Gasteiger partial charge on any atom is 0.246 e. The van der Waals surface area contributed by atoms with Gasteiger partial charge in [0.2, 0.25) is 11.8 Å². The summed E-state index contributed by atoms with van der Waals surface area (Å²) in [5.41, 5.74) is 3.77. The SMILES string of the molecule is CN(C)CCN1CC(=O)N2C(Cc3c([nH]c4ccccc34)C2c2cccc(O)c2)C1=O. The number of H-pyrrole nitrogens is 1. The summed E-state index contributed by atoms with van der Waals surface area (Å²) >= 11 is 0. The predicted molar refractivity (Wildman–Crippen MR) is 118 cm³/mol. The number of phenolic OH excluding ortho intramolecular Hbond substituents is 1. The van der Waals surface area contributed by atoms with E-state index in [2.05, 4.69) is 11.1 Å². The highest BCUT2D eigenvalue weighted by atomic mass is 16.3. The van der Waals surface area contributed by atoms with Crippen LogP contribution in [0.2, 0.25) is 0 Å². The van der Waals surface area contributed by atoms with E-state index in [4.69, 9.17) is 0 Å². The summed E-state index contributed by atoms with van der Waals surface area (Å²) in [5.74, 6) is 0.0595. The average Bonchev–Trinajstić information content (AvgIpc) is 3.12. The van der Waals surface area contributed by atoms with E-state index in [1.807, 2.05) is 43.3 Å². The number of nitrogens with zero attached hydrogens (tertiary/aromatic N) is 3. The zero-order valence-corrected chi connectivity index (χ0v) is 17.7. The van der Waals surface area contributed by atoms with Gasteiger partial charge >= 0.3 is 0 Å². The zero-order chi connectivity index (χ0) is 21.7. The molecular formula is C24H26N4O3. The molecule has 2 atom stereocenters. The lowest BCUT2D eigenvalue weighted by molar-refractivity contribution is -0.158. The van der Waals surface area contributed by atoms with Crippen molar-refractivity contribution in [3.8, 4) is 5.75 Å². The molecule has 0 spiro atoms. The van der Waals surface area contributed by atoms with E-state index >= 15 is 0 Å². The lowest BCUT2D eigenvalue weighted by atomic mass is 9.86. The van der Waals surface area contributed by atoms with E-state index < -0.39 is 12.1 Å². The third kappa shape index (κ3) is 3.25. The summed E-state index contributed by atoms with van der Waals surface area (Å²) < 4.78 is 0. The maximum absolute atomic E-state index is 13.5. The molecule has 31 heavy (non-hydrogen) atoms. The highest BCUT2D eigenvalue weighted by molar-refractivity contribution is 5.97. The Bertz CT molecular complexity index is 1170. The highest BCUT2D eigenvalue weighted by Gasteiger charge is 2.48. The lowest BCUT2D eigenvalue weighted by Gasteiger charge is -2.47. The molecule has 0 saturated carbocycles. The van der Waals surface area contributed by atoms with E-state index in [1.54, 1.807) is 28.0 Å². The molecule has 2 amide bonds. The molecule has 5 rings (SSSR count). The summed E-state index contributed by atoms with van der Waals surface area (Å²) in [5, 5.41) is 11.2. The Morgan fingerprint density at radius 3 is 2.71 bits per heavy atom. The lowest BCUT2D eigenvalue weighted by Crippen LogP contribution is -2.63. The number of carbonyl (C=O) groups excluding carboxylic acids is 2. The second-order valence-electron chi connectivity index (χ2n) is 8.64. The van der Waals surface area contributed by atoms with Crippen LogP contribution in [0.4, 0.5) is 0 Å². The molecule has 3 heterocycles. The van der Waals surface area contributed by atoms with Gasteiger partial charge in [-0.3, -0.25) is 9.59 Å². The number of nitrogens with one attached hydrogen (secondary N) is 1. The Kier molecular flexibility index (Phi) is 4.70. The normalized spacial score (nSPS) is 21.0. The number of rotatable bonds is 4. The Hall–Kier alpha value is -3.32. The Balaban J connectivity index is 1.64. The predicted octanol–water partition coefficient (Wildman–Crippen LogP) is 2.12. The number of hydrogen-bond acceptors (Lipinski definition) is 4. The van der Waals surface area contributed by atoms with E-state index in [0.717, 1.165) is 27.7 Å². The molecule has 2 aromatic carbocycles. The van der Waals surface area contributed by atoms with Gasteiger partial charge in [-0.05, 0) is 43.4 Å². The number of phenols is 1. The molecule has 2 N–H and O–H groups in total. The third-order valence-corrected chi connectivity index (χ3v) is 6.35. The first-order chi connectivity index (χ1) is 14.9. The molecule has 0 aliphatic carbocycles. The summed E-state index contributed by atoms with van der Waals surface area (Å²) in [4.78, 5) is 35.8. The minimum absolute atomic E-state index is 0.0115. The van der Waals surface area contributed by atoms with Gasteiger partial charge in [-0.1, -0.05) is 30.3 Å². The second kappa shape index (κ2) is 7.42. The standard InChI is InChI=1S/C24H26N4O3/c1-26(2)10-11-27-14-21(30)28-20(24(27)31)13-18-17-8-3-4-9-19(17)25-22(18)23(28)15-6-5-7-16(29)12-15/h3-9,12,20,23,25,29H,10-11,13-14H2,1-2H3. The fraction of sp³-hybridized carbons (Fsp3) is 0.333. The Labute approximate surface area is 180 Å². The number of fused-ring (bicyclic) bond motifs is 4. The fourth-order valence-corrected chi connectivity index (χ4v) is 4.87. The van der Waals surface area contributed by atoms with Gasteiger partial charge in [-0.15, -0.1) is 0 Å². The van der Waals surface area contributed by atoms with Crippen LogP contribution in [0, 0.1) is 0 Å². The number of likely N-dealkylation sites (N-methyl/N-ethyl adjacent to an activating group) is 1. The quantitative estimate of drug-likeness (QED) is 0.680. The summed E-state index contributed by atoms with van der Waals surface area (Å²) in [7, 11) is 3.92. The van der Waals surface area contributed by atoms with Crippen molar-refractivity contribution < 1.29 is 14.7 Å². The molecule has 1 fully saturated rings. The molecule has 0 radical (unpaired) electrons. The molecule has 3 aromatic rings. The average molecular weight is 418 g/mol. The number of para-hydroxylation sites is 1. The number of amides is 2. The number of aromatic nitrogens is 1. The summed E-state index contributed by atoms with van der Waals surface area (Å²) in [6.45, 7) is 1.31. The third-order valence-electron chi connectivity index (χ3n) is 6.35. The molecule has 2 unspecified atom stereocenters. The Morgan fingerprint density at radius 1 is 1.13 bits per heavy atom. The van der Waals surface area contributed by atoms with Crippen LogP contribution < -0.4 is 0 Å². The molecule has 1 saturated heterocycles. The zero-order valence-electron chi connectivity index (χ0n) is 17.7. The van der Waals surface area contributed by atoms with Gasteiger partial charge in [0.1, 0.15) is 11.8 Å². The monoisotopic (exact) mass is 418 g/mol. The van der Waals surface area contributed by atoms with Gasteiger partial charge in [-0.2, -0.15) is 0 Å². The highest BCUT2D eigenvalue weighted by Crippen LogP contribution is 2.42. The number of piperazine rings is 1. The van der Waals surface area contributed by atoms with Gasteiger partial charge < -0.3 is 24.8 Å². The van der Waals surface area contributed by atoms with Gasteiger partial charge in [-0.25, -0.2) is 0 Å².